The van der Waals surface area contributed by atoms with E-state index in [9.17, 15) is 20.2 Å². The summed E-state index contributed by atoms with van der Waals surface area (Å²) in [5, 5.41) is 23.3. The van der Waals surface area contributed by atoms with E-state index >= 15 is 0 Å². The smallest absolute Gasteiger partial charge is 0.275 e. The molecule has 0 atom stereocenters. The van der Waals surface area contributed by atoms with Gasteiger partial charge in [-0.2, -0.15) is 0 Å². The normalized spacial score (nSPS) is 11.2. The fourth-order valence-corrected chi connectivity index (χ4v) is 3.55. The topological polar surface area (TPSA) is 130 Å². The maximum atomic E-state index is 11.4. The van der Waals surface area contributed by atoms with E-state index in [0.29, 0.717) is 33.0 Å². The number of nitro benzene ring substituents is 2. The Morgan fingerprint density at radius 2 is 1.38 bits per heavy atom. The first-order valence-corrected chi connectivity index (χ1v) is 9.64. The second kappa shape index (κ2) is 7.36. The Morgan fingerprint density at radius 3 is 1.97 bits per heavy atom. The average molecular weight is 447 g/mol. The van der Waals surface area contributed by atoms with Crippen molar-refractivity contribution in [3.8, 4) is 17.1 Å². The summed E-state index contributed by atoms with van der Waals surface area (Å²) in [6.07, 6.45) is 0. The summed E-state index contributed by atoms with van der Waals surface area (Å²) in [4.78, 5) is 35.2. The molecule has 0 aliphatic heterocycles. The van der Waals surface area contributed by atoms with E-state index in [0.717, 1.165) is 6.07 Å². The first-order chi connectivity index (χ1) is 15.4. The minimum atomic E-state index is -0.684. The van der Waals surface area contributed by atoms with Crippen molar-refractivity contribution in [3.05, 3.63) is 92.0 Å². The molecule has 3 aromatic carbocycles. The van der Waals surface area contributed by atoms with Crippen molar-refractivity contribution in [1.29, 1.82) is 0 Å². The van der Waals surface area contributed by atoms with Crippen LogP contribution in [-0.2, 0) is 0 Å². The van der Waals surface area contributed by atoms with Crippen LogP contribution < -0.4 is 0 Å². The molecule has 11 heteroatoms. The number of halogens is 1. The third kappa shape index (κ3) is 3.28. The van der Waals surface area contributed by atoms with E-state index < -0.39 is 21.2 Å². The number of benzene rings is 3. The van der Waals surface area contributed by atoms with Crippen LogP contribution in [0.2, 0.25) is 5.02 Å². The number of rotatable bonds is 4. The standard InChI is InChI=1S/C21H11ClN6O4/c22-13-5-7-14(8-6-13)26-20(12-9-15(27(29)30)11-16(10-12)28(31)32)25-19-21(26)24-18-4-2-1-3-17(18)23-19/h1-11H. The monoisotopic (exact) mass is 446 g/mol. The van der Waals surface area contributed by atoms with Crippen LogP contribution in [0.25, 0.3) is 39.4 Å². The Labute approximate surface area is 184 Å². The van der Waals surface area contributed by atoms with Crippen molar-refractivity contribution in [3.63, 3.8) is 0 Å². The van der Waals surface area contributed by atoms with E-state index in [1.807, 2.05) is 12.1 Å². The molecular formula is C21H11ClN6O4. The lowest BCUT2D eigenvalue weighted by molar-refractivity contribution is -0.394. The zero-order valence-corrected chi connectivity index (χ0v) is 16.8. The molecule has 156 valence electrons. The van der Waals surface area contributed by atoms with E-state index in [1.165, 1.54) is 12.1 Å². The summed E-state index contributed by atoms with van der Waals surface area (Å²) < 4.78 is 1.65. The van der Waals surface area contributed by atoms with Gasteiger partial charge in [0.2, 0.25) is 0 Å². The van der Waals surface area contributed by atoms with Crippen molar-refractivity contribution in [2.24, 2.45) is 0 Å². The summed E-state index contributed by atoms with van der Waals surface area (Å²) in [7, 11) is 0. The van der Waals surface area contributed by atoms with Gasteiger partial charge in [0.1, 0.15) is 5.82 Å². The molecule has 0 unspecified atom stereocenters. The Bertz CT molecular complexity index is 1520. The Balaban J connectivity index is 1.87. The van der Waals surface area contributed by atoms with Gasteiger partial charge in [0, 0.05) is 28.4 Å². The summed E-state index contributed by atoms with van der Waals surface area (Å²) in [6, 6.07) is 17.4. The molecule has 0 bridgehead atoms. The van der Waals surface area contributed by atoms with Gasteiger partial charge in [-0.25, -0.2) is 15.0 Å². The minimum absolute atomic E-state index is 0.185. The van der Waals surface area contributed by atoms with Crippen LogP contribution in [0.15, 0.2) is 66.7 Å². The van der Waals surface area contributed by atoms with Gasteiger partial charge in [0.15, 0.2) is 11.3 Å². The maximum absolute atomic E-state index is 11.4. The van der Waals surface area contributed by atoms with Crippen LogP contribution in [0.1, 0.15) is 0 Å². The SMILES string of the molecule is O=[N+]([O-])c1cc(-c2nc3nc4ccccc4nc3n2-c2ccc(Cl)cc2)cc([N+](=O)[O-])c1. The highest BCUT2D eigenvalue weighted by Gasteiger charge is 2.23. The second-order valence-corrected chi connectivity index (χ2v) is 7.30. The van der Waals surface area contributed by atoms with E-state index in [1.54, 1.807) is 41.0 Å². The molecule has 0 spiro atoms. The predicted molar refractivity (Wildman–Crippen MR) is 118 cm³/mol. The highest BCUT2D eigenvalue weighted by molar-refractivity contribution is 6.30. The zero-order valence-electron chi connectivity index (χ0n) is 16.0. The van der Waals surface area contributed by atoms with Gasteiger partial charge >= 0.3 is 0 Å². The van der Waals surface area contributed by atoms with Crippen LogP contribution in [0.5, 0.6) is 0 Å². The predicted octanol–water partition coefficient (Wildman–Crippen LogP) is 5.11. The first kappa shape index (κ1) is 19.5. The van der Waals surface area contributed by atoms with Crippen LogP contribution in [0.4, 0.5) is 11.4 Å². The first-order valence-electron chi connectivity index (χ1n) is 9.26. The lowest BCUT2D eigenvalue weighted by atomic mass is 10.1. The molecule has 32 heavy (non-hydrogen) atoms. The van der Waals surface area contributed by atoms with Crippen LogP contribution >= 0.6 is 11.6 Å². The molecule has 2 aromatic heterocycles. The highest BCUT2D eigenvalue weighted by atomic mass is 35.5. The largest absolute Gasteiger partial charge is 0.277 e. The van der Waals surface area contributed by atoms with Gasteiger partial charge in [-0.3, -0.25) is 24.8 Å². The number of hydrogen-bond acceptors (Lipinski definition) is 7. The Morgan fingerprint density at radius 1 is 0.781 bits per heavy atom. The number of nitrogens with zero attached hydrogens (tertiary/aromatic N) is 6. The molecule has 5 rings (SSSR count). The molecule has 0 saturated carbocycles. The van der Waals surface area contributed by atoms with Crippen LogP contribution in [0, 0.1) is 20.2 Å². The van der Waals surface area contributed by atoms with Crippen molar-refractivity contribution in [2.45, 2.75) is 0 Å². The summed E-state index contributed by atoms with van der Waals surface area (Å²) in [5.41, 5.74) is 1.90. The zero-order chi connectivity index (χ0) is 22.4. The lowest BCUT2D eigenvalue weighted by Crippen LogP contribution is -2.00. The number of non-ortho nitro benzene ring substituents is 2. The van der Waals surface area contributed by atoms with Gasteiger partial charge in [-0.1, -0.05) is 23.7 Å². The van der Waals surface area contributed by atoms with Crippen molar-refractivity contribution >= 4 is 45.3 Å². The molecular weight excluding hydrogens is 436 g/mol. The van der Waals surface area contributed by atoms with Crippen LogP contribution in [-0.4, -0.2) is 29.4 Å². The van der Waals surface area contributed by atoms with Gasteiger partial charge in [-0.15, -0.1) is 0 Å². The number of hydrogen-bond donors (Lipinski definition) is 0. The second-order valence-electron chi connectivity index (χ2n) is 6.86. The molecule has 2 heterocycles. The lowest BCUT2D eigenvalue weighted by Gasteiger charge is -2.09. The number of nitro groups is 2. The molecule has 0 radical (unpaired) electrons. The number of aromatic nitrogens is 4. The van der Waals surface area contributed by atoms with Crippen molar-refractivity contribution in [1.82, 2.24) is 19.5 Å². The summed E-state index contributed by atoms with van der Waals surface area (Å²) >= 11 is 6.03. The van der Waals surface area contributed by atoms with Gasteiger partial charge in [-0.05, 0) is 36.4 Å². The number of para-hydroxylation sites is 2. The van der Waals surface area contributed by atoms with Crippen molar-refractivity contribution < 1.29 is 9.85 Å². The fraction of sp³-hybridized carbons (Fsp3) is 0. The highest BCUT2D eigenvalue weighted by Crippen LogP contribution is 2.33. The molecule has 5 aromatic rings. The molecule has 0 amide bonds. The molecule has 0 N–H and O–H groups in total. The summed E-state index contributed by atoms with van der Waals surface area (Å²) in [5.74, 6) is 0.226. The molecule has 0 saturated heterocycles. The van der Waals surface area contributed by atoms with Crippen molar-refractivity contribution in [2.75, 3.05) is 0 Å². The van der Waals surface area contributed by atoms with Gasteiger partial charge in [0.05, 0.1) is 26.9 Å². The quantitative estimate of drug-likeness (QED) is 0.277. The fourth-order valence-electron chi connectivity index (χ4n) is 3.42. The third-order valence-electron chi connectivity index (χ3n) is 4.84. The molecule has 0 fully saturated rings. The average Bonchev–Trinajstić information content (AvgIpc) is 3.16. The maximum Gasteiger partial charge on any atom is 0.277 e. The Kier molecular flexibility index (Phi) is 4.49. The van der Waals surface area contributed by atoms with E-state index in [-0.39, 0.29) is 11.4 Å². The van der Waals surface area contributed by atoms with E-state index in [2.05, 4.69) is 15.0 Å². The molecule has 0 aliphatic rings. The number of imidazole rings is 1. The van der Waals surface area contributed by atoms with Gasteiger partial charge in [0.25, 0.3) is 11.4 Å². The van der Waals surface area contributed by atoms with E-state index in [4.69, 9.17) is 11.6 Å². The number of fused-ring (bicyclic) bond motifs is 2. The molecule has 10 nitrogen and oxygen atoms in total. The molecule has 0 aliphatic carbocycles. The third-order valence-corrected chi connectivity index (χ3v) is 5.09. The van der Waals surface area contributed by atoms with Crippen LogP contribution in [0.3, 0.4) is 0 Å². The summed E-state index contributed by atoms with van der Waals surface area (Å²) in [6.45, 7) is 0. The Hall–Kier alpha value is -4.44. The minimum Gasteiger partial charge on any atom is -0.275 e. The van der Waals surface area contributed by atoms with Gasteiger partial charge < -0.3 is 0 Å².